The molecule has 0 aliphatic carbocycles. The van der Waals surface area contributed by atoms with Gasteiger partial charge < -0.3 is 15.7 Å². The molecule has 0 saturated heterocycles. The van der Waals surface area contributed by atoms with Crippen LogP contribution in [0.15, 0.2) is 53.4 Å². The first kappa shape index (κ1) is 20.4. The van der Waals surface area contributed by atoms with E-state index >= 15 is 0 Å². The summed E-state index contributed by atoms with van der Waals surface area (Å²) in [6.07, 6.45) is 0. The van der Waals surface area contributed by atoms with Gasteiger partial charge in [-0.1, -0.05) is 31.2 Å². The number of carboxylic acid groups (broad SMARTS) is 1. The first-order valence-corrected chi connectivity index (χ1v) is 10.1. The third-order valence-corrected chi connectivity index (χ3v) is 5.87. The van der Waals surface area contributed by atoms with Crippen LogP contribution < -0.4 is 10.6 Å². The van der Waals surface area contributed by atoms with Gasteiger partial charge in [0, 0.05) is 6.54 Å². The standard InChI is InChI=1S/C19H22N2O5S/c1-3-27(25,26)17-10-8-15(9-11-17)13(2)21-19(24)20-12-14-4-6-16(7-5-14)18(22)23/h4-11,13H,3,12H2,1-2H3,(H,22,23)(H2,20,21,24). The molecule has 1 unspecified atom stereocenters. The van der Waals surface area contributed by atoms with Crippen molar-refractivity contribution >= 4 is 21.8 Å². The molecule has 0 saturated carbocycles. The maximum absolute atomic E-state index is 12.0. The van der Waals surface area contributed by atoms with Crippen molar-refractivity contribution in [2.75, 3.05) is 5.75 Å². The number of hydrogen-bond donors (Lipinski definition) is 3. The highest BCUT2D eigenvalue weighted by Gasteiger charge is 2.13. The van der Waals surface area contributed by atoms with Crippen molar-refractivity contribution in [3.05, 3.63) is 65.2 Å². The number of sulfone groups is 1. The lowest BCUT2D eigenvalue weighted by molar-refractivity contribution is 0.0697. The molecule has 2 aromatic carbocycles. The van der Waals surface area contributed by atoms with Crippen molar-refractivity contribution in [2.45, 2.75) is 31.3 Å². The number of nitrogens with one attached hydrogen (secondary N) is 2. The van der Waals surface area contributed by atoms with Gasteiger partial charge in [-0.15, -0.1) is 0 Å². The largest absolute Gasteiger partial charge is 0.478 e. The minimum absolute atomic E-state index is 0.0377. The van der Waals surface area contributed by atoms with Gasteiger partial charge in [0.25, 0.3) is 0 Å². The van der Waals surface area contributed by atoms with Crippen molar-refractivity contribution in [2.24, 2.45) is 0 Å². The van der Waals surface area contributed by atoms with E-state index in [0.717, 1.165) is 11.1 Å². The molecule has 0 bridgehead atoms. The molecule has 0 radical (unpaired) electrons. The highest BCUT2D eigenvalue weighted by atomic mass is 32.2. The Bertz CT molecular complexity index is 906. The summed E-state index contributed by atoms with van der Waals surface area (Å²) in [5.41, 5.74) is 1.74. The van der Waals surface area contributed by atoms with Crippen LogP contribution in [0.2, 0.25) is 0 Å². The van der Waals surface area contributed by atoms with Crippen molar-refractivity contribution in [1.29, 1.82) is 0 Å². The zero-order valence-corrected chi connectivity index (χ0v) is 15.9. The van der Waals surface area contributed by atoms with E-state index in [4.69, 9.17) is 5.11 Å². The molecule has 0 aromatic heterocycles. The van der Waals surface area contributed by atoms with Crippen molar-refractivity contribution < 1.29 is 23.1 Å². The van der Waals surface area contributed by atoms with Crippen LogP contribution in [0.5, 0.6) is 0 Å². The van der Waals surface area contributed by atoms with Gasteiger partial charge in [0.15, 0.2) is 9.84 Å². The molecule has 0 fully saturated rings. The predicted octanol–water partition coefficient (Wildman–Crippen LogP) is 2.74. The van der Waals surface area contributed by atoms with Gasteiger partial charge in [0.05, 0.1) is 22.3 Å². The Kier molecular flexibility index (Phi) is 6.57. The summed E-state index contributed by atoms with van der Waals surface area (Å²) in [6, 6.07) is 12.0. The van der Waals surface area contributed by atoms with Crippen LogP contribution in [0, 0.1) is 0 Å². The Balaban J connectivity index is 1.90. The summed E-state index contributed by atoms with van der Waals surface area (Å²) in [5, 5.41) is 14.3. The molecule has 27 heavy (non-hydrogen) atoms. The fourth-order valence-electron chi connectivity index (χ4n) is 2.41. The monoisotopic (exact) mass is 390 g/mol. The minimum Gasteiger partial charge on any atom is -0.478 e. The molecule has 1 atom stereocenters. The van der Waals surface area contributed by atoms with E-state index in [0.29, 0.717) is 0 Å². The van der Waals surface area contributed by atoms with Gasteiger partial charge in [-0.3, -0.25) is 0 Å². The lowest BCUT2D eigenvalue weighted by atomic mass is 10.1. The quantitative estimate of drug-likeness (QED) is 0.673. The SMILES string of the molecule is CCS(=O)(=O)c1ccc(C(C)NC(=O)NCc2ccc(C(=O)O)cc2)cc1. The number of carbonyl (C=O) groups excluding carboxylic acids is 1. The average molecular weight is 390 g/mol. The Morgan fingerprint density at radius 3 is 2.15 bits per heavy atom. The maximum atomic E-state index is 12.0. The predicted molar refractivity (Wildman–Crippen MR) is 101 cm³/mol. The Morgan fingerprint density at radius 1 is 1.04 bits per heavy atom. The molecule has 8 heteroatoms. The van der Waals surface area contributed by atoms with E-state index in [1.54, 1.807) is 38.1 Å². The summed E-state index contributed by atoms with van der Waals surface area (Å²) >= 11 is 0. The molecule has 7 nitrogen and oxygen atoms in total. The Hall–Kier alpha value is -2.87. The van der Waals surface area contributed by atoms with Crippen LogP contribution in [-0.2, 0) is 16.4 Å². The van der Waals surface area contributed by atoms with Gasteiger partial charge in [0.1, 0.15) is 0 Å². The van der Waals surface area contributed by atoms with E-state index in [9.17, 15) is 18.0 Å². The third kappa shape index (κ3) is 5.55. The molecule has 3 N–H and O–H groups in total. The van der Waals surface area contributed by atoms with E-state index in [1.165, 1.54) is 24.3 Å². The van der Waals surface area contributed by atoms with Gasteiger partial charge >= 0.3 is 12.0 Å². The maximum Gasteiger partial charge on any atom is 0.335 e. The molecule has 0 aliphatic heterocycles. The molecule has 2 amide bonds. The zero-order valence-electron chi connectivity index (χ0n) is 15.1. The number of amides is 2. The van der Waals surface area contributed by atoms with E-state index in [2.05, 4.69) is 10.6 Å². The van der Waals surface area contributed by atoms with E-state index in [-0.39, 0.29) is 34.8 Å². The van der Waals surface area contributed by atoms with Crippen LogP contribution in [0.4, 0.5) is 4.79 Å². The van der Waals surface area contributed by atoms with Crippen molar-refractivity contribution in [1.82, 2.24) is 10.6 Å². The summed E-state index contributed by atoms with van der Waals surface area (Å²) in [7, 11) is -3.25. The molecule has 0 heterocycles. The average Bonchev–Trinajstić information content (AvgIpc) is 2.66. The Morgan fingerprint density at radius 2 is 1.63 bits per heavy atom. The molecule has 0 aliphatic rings. The minimum atomic E-state index is -3.25. The number of carboxylic acids is 1. The van der Waals surface area contributed by atoms with E-state index < -0.39 is 15.8 Å². The van der Waals surface area contributed by atoms with E-state index in [1.807, 2.05) is 0 Å². The number of rotatable bonds is 7. The van der Waals surface area contributed by atoms with Crippen LogP contribution in [0.3, 0.4) is 0 Å². The van der Waals surface area contributed by atoms with Gasteiger partial charge in [-0.05, 0) is 42.3 Å². The smallest absolute Gasteiger partial charge is 0.335 e. The van der Waals surface area contributed by atoms with Crippen LogP contribution in [-0.4, -0.2) is 31.3 Å². The molecule has 2 aromatic rings. The summed E-state index contributed by atoms with van der Waals surface area (Å²) in [5.74, 6) is -0.963. The first-order chi connectivity index (χ1) is 12.7. The second kappa shape index (κ2) is 8.68. The fraction of sp³-hybridized carbons (Fsp3) is 0.263. The number of aromatic carboxylic acids is 1. The van der Waals surface area contributed by atoms with Crippen LogP contribution in [0.25, 0.3) is 0 Å². The highest BCUT2D eigenvalue weighted by Crippen LogP contribution is 2.17. The second-order valence-corrected chi connectivity index (χ2v) is 8.30. The van der Waals surface area contributed by atoms with Gasteiger partial charge in [-0.2, -0.15) is 0 Å². The molecule has 2 rings (SSSR count). The molecule has 144 valence electrons. The zero-order chi connectivity index (χ0) is 20.0. The topological polar surface area (TPSA) is 113 Å². The summed E-state index contributed by atoms with van der Waals surface area (Å²) < 4.78 is 23.7. The normalized spacial score (nSPS) is 12.2. The molecule has 0 spiro atoms. The summed E-state index contributed by atoms with van der Waals surface area (Å²) in [4.78, 5) is 23.1. The summed E-state index contributed by atoms with van der Waals surface area (Å²) in [6.45, 7) is 3.64. The van der Waals surface area contributed by atoms with Gasteiger partial charge in [0.2, 0.25) is 0 Å². The number of hydrogen-bond acceptors (Lipinski definition) is 4. The van der Waals surface area contributed by atoms with Crippen molar-refractivity contribution in [3.8, 4) is 0 Å². The second-order valence-electron chi connectivity index (χ2n) is 6.02. The molecular weight excluding hydrogens is 368 g/mol. The van der Waals surface area contributed by atoms with Gasteiger partial charge in [-0.25, -0.2) is 18.0 Å². The number of carbonyl (C=O) groups is 2. The highest BCUT2D eigenvalue weighted by molar-refractivity contribution is 7.91. The molecular formula is C19H22N2O5S. The first-order valence-electron chi connectivity index (χ1n) is 8.42. The van der Waals surface area contributed by atoms with Crippen LogP contribution in [0.1, 0.15) is 41.4 Å². The lowest BCUT2D eigenvalue weighted by Gasteiger charge is -2.15. The lowest BCUT2D eigenvalue weighted by Crippen LogP contribution is -2.36. The number of benzene rings is 2. The Labute approximate surface area is 158 Å². The van der Waals surface area contributed by atoms with Crippen molar-refractivity contribution in [3.63, 3.8) is 0 Å². The number of urea groups is 1. The van der Waals surface area contributed by atoms with Crippen LogP contribution >= 0.6 is 0 Å². The fourth-order valence-corrected chi connectivity index (χ4v) is 3.29. The third-order valence-electron chi connectivity index (χ3n) is 4.12.